The van der Waals surface area contributed by atoms with Gasteiger partial charge < -0.3 is 116 Å². The summed E-state index contributed by atoms with van der Waals surface area (Å²) in [6, 6.07) is 24.3. The van der Waals surface area contributed by atoms with E-state index in [1.165, 1.54) is 48.5 Å². The van der Waals surface area contributed by atoms with Gasteiger partial charge in [-0.1, -0.05) is 47.0 Å². The van der Waals surface area contributed by atoms with E-state index in [-0.39, 0.29) is 167 Å². The minimum Gasteiger partial charge on any atom is -0.508 e. The Morgan fingerprint density at radius 1 is 0.336 bits per heavy atom. The summed E-state index contributed by atoms with van der Waals surface area (Å²) in [5.74, 6) is 1.04. The number of aliphatic hydroxyl groups is 4. The molecule has 12 rings (SSSR count). The van der Waals surface area contributed by atoms with Gasteiger partial charge in [-0.05, 0) is 206 Å². The number of halogens is 4. The number of phenols is 8. The standard InChI is InChI=1S/C22H22Br2O6.C22H22I2O6.C22H26N2O6.C22H26N2O5/c3*1-2-3-5-17-20(21(27)12-8-14(23)22(28)15(24)9-12)13-10-16(26)19(11-18(13)30-17)29-7-4-6-25;1-2-5-18-20(21(27)13-8-15(23)22(28)16(24)9-13)14-11-17(26)12(6-3-4-7-25)10-19(14)29-18/h2*8-11,25-26,28H,2-7H2,1H3;8-11,25-26,28H,2-7,23-24H2,1H3;8-11,25-26,28H,2-7,23-24H2,1H3. The number of phenolic OH excluding ortho intramolecular Hbond substituents is 8. The molecule has 31 heteroatoms. The number of aryl methyl sites for hydroxylation is 5. The number of ether oxygens (including phenoxy) is 3. The molecule has 119 heavy (non-hydrogen) atoms. The molecule has 634 valence electrons. The molecule has 0 amide bonds. The van der Waals surface area contributed by atoms with Gasteiger partial charge in [0.05, 0.1) is 80.9 Å². The molecule has 20 N–H and O–H groups in total. The molecule has 0 saturated heterocycles. The van der Waals surface area contributed by atoms with Crippen molar-refractivity contribution in [1.29, 1.82) is 0 Å². The quantitative estimate of drug-likeness (QED) is 0.00577. The maximum absolute atomic E-state index is 13.4. The molecule has 0 saturated carbocycles. The van der Waals surface area contributed by atoms with E-state index in [4.69, 9.17) is 75.2 Å². The van der Waals surface area contributed by atoms with Crippen LogP contribution in [-0.4, -0.2) is 131 Å². The van der Waals surface area contributed by atoms with Crippen molar-refractivity contribution in [2.75, 3.05) is 69.2 Å². The molecule has 12 aromatic rings. The first-order valence-electron chi connectivity index (χ1n) is 38.7. The Hall–Kier alpha value is -10.1. The van der Waals surface area contributed by atoms with Crippen molar-refractivity contribution < 1.29 is 112 Å². The maximum Gasteiger partial charge on any atom is 0.197 e. The van der Waals surface area contributed by atoms with E-state index in [2.05, 4.69) is 45.7 Å². The lowest BCUT2D eigenvalue weighted by atomic mass is 9.96. The number of hydrogen-bond acceptors (Lipinski definition) is 27. The minimum absolute atomic E-state index is 0.00340. The van der Waals surface area contributed by atoms with Crippen molar-refractivity contribution in [3.63, 3.8) is 0 Å². The van der Waals surface area contributed by atoms with Crippen LogP contribution >= 0.6 is 77.0 Å². The summed E-state index contributed by atoms with van der Waals surface area (Å²) in [7, 11) is 0. The summed E-state index contributed by atoms with van der Waals surface area (Å²) in [4.78, 5) is 53.5. The number of hydrogen-bond donors (Lipinski definition) is 16. The molecule has 8 aromatic carbocycles. The molecule has 27 nitrogen and oxygen atoms in total. The second-order valence-corrected chi connectivity index (χ2v) is 32.0. The summed E-state index contributed by atoms with van der Waals surface area (Å²) in [5, 5.41) is 119. The lowest BCUT2D eigenvalue weighted by Crippen LogP contribution is -2.06. The normalized spacial score (nSPS) is 11.2. The van der Waals surface area contributed by atoms with Crippen LogP contribution in [0.2, 0.25) is 0 Å². The molecule has 0 radical (unpaired) electrons. The van der Waals surface area contributed by atoms with Crippen molar-refractivity contribution >= 4 is 167 Å². The van der Waals surface area contributed by atoms with E-state index in [9.17, 15) is 60.0 Å². The van der Waals surface area contributed by atoms with Crippen molar-refractivity contribution in [3.8, 4) is 63.2 Å². The summed E-state index contributed by atoms with van der Waals surface area (Å²) in [6.45, 7) is 8.93. The second kappa shape index (κ2) is 43.2. The highest BCUT2D eigenvalue weighted by atomic mass is 127. The monoisotopic (exact) mass is 1990 g/mol. The molecular weight excluding hydrogens is 1890 g/mol. The number of nitrogen functional groups attached to an aromatic ring is 4. The van der Waals surface area contributed by atoms with Gasteiger partial charge in [0.2, 0.25) is 0 Å². The molecule has 0 unspecified atom stereocenters. The van der Waals surface area contributed by atoms with E-state index < -0.39 is 0 Å². The van der Waals surface area contributed by atoms with Gasteiger partial charge in [-0.3, -0.25) is 19.2 Å². The average molecular weight is 1990 g/mol. The van der Waals surface area contributed by atoms with Gasteiger partial charge >= 0.3 is 0 Å². The third-order valence-electron chi connectivity index (χ3n) is 19.1. The Labute approximate surface area is 729 Å². The van der Waals surface area contributed by atoms with Crippen LogP contribution in [0.4, 0.5) is 22.7 Å². The number of fused-ring (bicyclic) bond motifs is 4. The third-order valence-corrected chi connectivity index (χ3v) is 22.0. The Bertz CT molecular complexity index is 5150. The number of nitrogens with two attached hydrogens (primary N) is 4. The Morgan fingerprint density at radius 3 is 0.941 bits per heavy atom. The van der Waals surface area contributed by atoms with Crippen molar-refractivity contribution in [2.45, 2.75) is 137 Å². The topological polar surface area (TPSA) is 495 Å². The molecule has 0 aliphatic carbocycles. The number of aromatic hydroxyl groups is 8. The number of anilines is 4. The Balaban J connectivity index is 0.000000181. The van der Waals surface area contributed by atoms with Gasteiger partial charge in [-0.2, -0.15) is 0 Å². The van der Waals surface area contributed by atoms with Gasteiger partial charge in [0.15, 0.2) is 69.1 Å². The Kier molecular flexibility index (Phi) is 33.7. The van der Waals surface area contributed by atoms with Gasteiger partial charge in [0.1, 0.15) is 62.6 Å². The lowest BCUT2D eigenvalue weighted by Gasteiger charge is -2.09. The fraction of sp³-hybridized carbons (Fsp3) is 0.318. The predicted molar refractivity (Wildman–Crippen MR) is 478 cm³/mol. The largest absolute Gasteiger partial charge is 0.508 e. The first-order valence-corrected chi connectivity index (χ1v) is 42.5. The molecule has 0 atom stereocenters. The van der Waals surface area contributed by atoms with Crippen LogP contribution in [0.5, 0.6) is 63.2 Å². The van der Waals surface area contributed by atoms with E-state index in [0.29, 0.717) is 180 Å². The maximum atomic E-state index is 13.4. The highest BCUT2D eigenvalue weighted by Crippen LogP contribution is 2.45. The summed E-state index contributed by atoms with van der Waals surface area (Å²) < 4.78 is 42.4. The number of unbranched alkanes of at least 4 members (excludes halogenated alkanes) is 4. The van der Waals surface area contributed by atoms with Crippen LogP contribution < -0.4 is 37.1 Å². The van der Waals surface area contributed by atoms with E-state index >= 15 is 0 Å². The number of rotatable bonds is 35. The van der Waals surface area contributed by atoms with Gasteiger partial charge in [0.25, 0.3) is 0 Å². The number of carbonyl (C=O) groups excluding carboxylic acids is 4. The second-order valence-electron chi connectivity index (χ2n) is 27.9. The van der Waals surface area contributed by atoms with Crippen LogP contribution in [0, 0.1) is 7.14 Å². The van der Waals surface area contributed by atoms with Crippen molar-refractivity contribution in [3.05, 3.63) is 186 Å². The van der Waals surface area contributed by atoms with Gasteiger partial charge in [-0.25, -0.2) is 0 Å². The van der Waals surface area contributed by atoms with Crippen molar-refractivity contribution in [2.24, 2.45) is 0 Å². The lowest BCUT2D eigenvalue weighted by molar-refractivity contribution is 0.103. The average Bonchev–Trinajstić information content (AvgIpc) is 1.64. The highest BCUT2D eigenvalue weighted by molar-refractivity contribution is 14.1. The summed E-state index contributed by atoms with van der Waals surface area (Å²) >= 11 is 10.5. The number of ketones is 4. The third kappa shape index (κ3) is 22.3. The molecule has 0 aliphatic rings. The van der Waals surface area contributed by atoms with Crippen LogP contribution in [0.15, 0.2) is 124 Å². The first kappa shape index (κ1) is 92.7. The molecule has 4 heterocycles. The van der Waals surface area contributed by atoms with Crippen molar-refractivity contribution in [1.82, 2.24) is 0 Å². The SMILES string of the molecule is CCCCc1oc2cc(OCCCO)c(O)cc2c1C(=O)c1cc(Br)c(O)c(Br)c1.CCCCc1oc2cc(OCCCO)c(O)cc2c1C(=O)c1cc(I)c(O)c(I)c1.CCCCc1oc2cc(OCCCO)c(O)cc2c1C(=O)c1cc(N)c(O)c(N)c1.CCCc1oc2cc(CCCCO)c(O)cc2c1C(=O)c1cc(N)c(O)c(N)c1. The fourth-order valence-corrected chi connectivity index (χ4v) is 15.9. The van der Waals surface area contributed by atoms with E-state index in [1.54, 1.807) is 48.5 Å². The zero-order valence-electron chi connectivity index (χ0n) is 65.9. The molecule has 4 aromatic heterocycles. The summed E-state index contributed by atoms with van der Waals surface area (Å²) in [6.07, 6.45) is 11.6. The molecule has 0 fully saturated rings. The zero-order valence-corrected chi connectivity index (χ0v) is 73.4. The fourth-order valence-electron chi connectivity index (χ4n) is 13.0. The van der Waals surface area contributed by atoms with Crippen LogP contribution in [0.25, 0.3) is 43.9 Å². The Morgan fingerprint density at radius 2 is 0.630 bits per heavy atom. The first-order chi connectivity index (χ1) is 57.0. The number of furan rings is 4. The molecule has 0 aliphatic heterocycles. The summed E-state index contributed by atoms with van der Waals surface area (Å²) in [5.41, 5.74) is 28.4. The number of aliphatic hydroxyl groups excluding tert-OH is 4. The number of benzene rings is 8. The minimum atomic E-state index is -0.369. The zero-order chi connectivity index (χ0) is 86.6. The molecule has 0 bridgehead atoms. The number of carbonyl (C=O) groups is 4. The van der Waals surface area contributed by atoms with E-state index in [0.717, 1.165) is 51.4 Å². The molecular formula is C88H96Br2I2N4O23. The van der Waals surface area contributed by atoms with Gasteiger partial charge in [-0.15, -0.1) is 0 Å². The van der Waals surface area contributed by atoms with Crippen LogP contribution in [0.1, 0.15) is 197 Å². The predicted octanol–water partition coefficient (Wildman–Crippen LogP) is 17.9. The van der Waals surface area contributed by atoms with Crippen LogP contribution in [-0.2, 0) is 32.1 Å². The highest BCUT2D eigenvalue weighted by Gasteiger charge is 2.31. The smallest absolute Gasteiger partial charge is 0.197 e. The van der Waals surface area contributed by atoms with E-state index in [1.807, 2.05) is 59.0 Å². The van der Waals surface area contributed by atoms with Gasteiger partial charge in [0, 0.05) is 133 Å². The van der Waals surface area contributed by atoms with Crippen LogP contribution in [0.3, 0.4) is 0 Å². The molecule has 0 spiro atoms.